The van der Waals surface area contributed by atoms with E-state index in [0.717, 1.165) is 28.7 Å². The summed E-state index contributed by atoms with van der Waals surface area (Å²) in [6.07, 6.45) is 3.31. The number of sulfonamides is 1. The molecule has 0 radical (unpaired) electrons. The van der Waals surface area contributed by atoms with E-state index in [0.29, 0.717) is 36.0 Å². The summed E-state index contributed by atoms with van der Waals surface area (Å²) in [6.45, 7) is 1.37. The van der Waals surface area contributed by atoms with Gasteiger partial charge in [-0.15, -0.1) is 0 Å². The molecule has 2 aromatic carbocycles. The minimum absolute atomic E-state index is 0.0879. The Balaban J connectivity index is 1.37. The third-order valence-corrected chi connectivity index (χ3v) is 8.85. The molecule has 0 amide bonds. The SMILES string of the molecule is O=S(=O)(c1ccc(F)cc1)N1CCCC(CNc2cc(-c3ccccc3Cl)nc3c(Br)cnn23)C1. The number of hydrogen-bond acceptors (Lipinski definition) is 5. The Morgan fingerprint density at radius 2 is 1.94 bits per heavy atom. The van der Waals surface area contributed by atoms with Crippen molar-refractivity contribution in [2.24, 2.45) is 5.92 Å². The lowest BCUT2D eigenvalue weighted by molar-refractivity contribution is 0.275. The number of rotatable bonds is 6. The molecule has 2 aromatic heterocycles. The van der Waals surface area contributed by atoms with E-state index in [4.69, 9.17) is 16.6 Å². The van der Waals surface area contributed by atoms with Crippen LogP contribution in [0.2, 0.25) is 5.02 Å². The number of anilines is 1. The number of nitrogens with one attached hydrogen (secondary N) is 1. The third kappa shape index (κ3) is 4.93. The summed E-state index contributed by atoms with van der Waals surface area (Å²) in [5.74, 6) is 0.355. The molecule has 11 heteroatoms. The molecule has 1 saturated heterocycles. The number of aromatic nitrogens is 3. The molecular weight excluding hydrogens is 557 g/mol. The maximum atomic E-state index is 13.3. The molecule has 4 aromatic rings. The lowest BCUT2D eigenvalue weighted by atomic mass is 10.00. The summed E-state index contributed by atoms with van der Waals surface area (Å²) in [5, 5.41) is 8.46. The van der Waals surface area contributed by atoms with Crippen LogP contribution in [0.5, 0.6) is 0 Å². The van der Waals surface area contributed by atoms with Crippen LogP contribution in [0.25, 0.3) is 16.9 Å². The van der Waals surface area contributed by atoms with Crippen LogP contribution < -0.4 is 5.32 Å². The minimum Gasteiger partial charge on any atom is -0.370 e. The van der Waals surface area contributed by atoms with Crippen molar-refractivity contribution in [2.75, 3.05) is 25.0 Å². The van der Waals surface area contributed by atoms with Crippen LogP contribution in [0.1, 0.15) is 12.8 Å². The molecule has 3 heterocycles. The lowest BCUT2D eigenvalue weighted by Gasteiger charge is -2.32. The molecule has 7 nitrogen and oxygen atoms in total. The molecule has 5 rings (SSSR count). The van der Waals surface area contributed by atoms with Gasteiger partial charge < -0.3 is 5.32 Å². The highest BCUT2D eigenvalue weighted by molar-refractivity contribution is 9.10. The fourth-order valence-electron chi connectivity index (χ4n) is 4.29. The van der Waals surface area contributed by atoms with E-state index in [-0.39, 0.29) is 10.8 Å². The van der Waals surface area contributed by atoms with E-state index >= 15 is 0 Å². The van der Waals surface area contributed by atoms with Crippen molar-refractivity contribution in [1.29, 1.82) is 0 Å². The van der Waals surface area contributed by atoms with Crippen molar-refractivity contribution in [3.8, 4) is 11.3 Å². The first-order chi connectivity index (χ1) is 16.8. The van der Waals surface area contributed by atoms with E-state index in [1.165, 1.54) is 28.6 Å². The van der Waals surface area contributed by atoms with Crippen LogP contribution in [0.3, 0.4) is 0 Å². The Hall–Kier alpha value is -2.53. The zero-order valence-corrected chi connectivity index (χ0v) is 21.7. The van der Waals surface area contributed by atoms with Crippen LogP contribution >= 0.6 is 27.5 Å². The Morgan fingerprint density at radius 1 is 1.17 bits per heavy atom. The Morgan fingerprint density at radius 3 is 2.71 bits per heavy atom. The van der Waals surface area contributed by atoms with Crippen LogP contribution in [0.4, 0.5) is 10.2 Å². The molecule has 1 unspecified atom stereocenters. The number of nitrogens with zero attached hydrogens (tertiary/aromatic N) is 4. The van der Waals surface area contributed by atoms with Gasteiger partial charge >= 0.3 is 0 Å². The standard InChI is InChI=1S/C24H22BrClFN5O2S/c25-20-14-29-32-23(12-22(30-24(20)32)19-5-1-2-6-21(19)26)28-13-16-4-3-11-31(15-16)35(33,34)18-9-7-17(27)8-10-18/h1-2,5-10,12,14,16,28H,3-4,11,13,15H2. The van der Waals surface area contributed by atoms with E-state index in [1.54, 1.807) is 10.7 Å². The molecular formula is C24H22BrClFN5O2S. The summed E-state index contributed by atoms with van der Waals surface area (Å²) in [5.41, 5.74) is 2.16. The van der Waals surface area contributed by atoms with Crippen molar-refractivity contribution >= 4 is 49.0 Å². The first-order valence-electron chi connectivity index (χ1n) is 11.1. The van der Waals surface area contributed by atoms with Crippen LogP contribution in [0, 0.1) is 11.7 Å². The summed E-state index contributed by atoms with van der Waals surface area (Å²) in [6, 6.07) is 14.4. The summed E-state index contributed by atoms with van der Waals surface area (Å²) in [4.78, 5) is 4.83. The first-order valence-corrected chi connectivity index (χ1v) is 13.7. The molecule has 0 bridgehead atoms. The van der Waals surface area contributed by atoms with Crippen molar-refractivity contribution in [2.45, 2.75) is 17.7 Å². The molecule has 1 N–H and O–H groups in total. The van der Waals surface area contributed by atoms with Gasteiger partial charge in [0.1, 0.15) is 11.6 Å². The van der Waals surface area contributed by atoms with E-state index < -0.39 is 15.8 Å². The highest BCUT2D eigenvalue weighted by Crippen LogP contribution is 2.31. The average molecular weight is 579 g/mol. The van der Waals surface area contributed by atoms with E-state index in [1.807, 2.05) is 30.3 Å². The van der Waals surface area contributed by atoms with E-state index in [2.05, 4.69) is 26.3 Å². The lowest BCUT2D eigenvalue weighted by Crippen LogP contribution is -2.41. The van der Waals surface area contributed by atoms with Gasteiger partial charge in [0.15, 0.2) is 5.65 Å². The molecule has 1 atom stereocenters. The number of piperidine rings is 1. The third-order valence-electron chi connectivity index (χ3n) is 6.08. The molecule has 1 aliphatic heterocycles. The normalized spacial score (nSPS) is 17.1. The fraction of sp³-hybridized carbons (Fsp3) is 0.250. The van der Waals surface area contributed by atoms with Crippen molar-refractivity contribution in [3.05, 3.63) is 76.1 Å². The predicted octanol–water partition coefficient (Wildman–Crippen LogP) is 5.46. The monoisotopic (exact) mass is 577 g/mol. The van der Waals surface area contributed by atoms with E-state index in [9.17, 15) is 12.8 Å². The van der Waals surface area contributed by atoms with Crippen LogP contribution in [-0.4, -0.2) is 47.0 Å². The number of benzene rings is 2. The molecule has 35 heavy (non-hydrogen) atoms. The van der Waals surface area contributed by atoms with Gasteiger partial charge in [-0.2, -0.15) is 13.9 Å². The minimum atomic E-state index is -3.68. The number of hydrogen-bond donors (Lipinski definition) is 1. The van der Waals surface area contributed by atoms with Gasteiger partial charge in [0.2, 0.25) is 10.0 Å². The second-order valence-electron chi connectivity index (χ2n) is 8.44. The highest BCUT2D eigenvalue weighted by atomic mass is 79.9. The first kappa shape index (κ1) is 24.2. The summed E-state index contributed by atoms with van der Waals surface area (Å²) < 4.78 is 43.4. The van der Waals surface area contributed by atoms with Crippen LogP contribution in [-0.2, 0) is 10.0 Å². The topological polar surface area (TPSA) is 79.6 Å². The fourth-order valence-corrected chi connectivity index (χ4v) is 6.42. The zero-order chi connectivity index (χ0) is 24.6. The Kier molecular flexibility index (Phi) is 6.80. The molecule has 1 fully saturated rings. The summed E-state index contributed by atoms with van der Waals surface area (Å²) in [7, 11) is -3.68. The molecule has 0 saturated carbocycles. The quantitative estimate of drug-likeness (QED) is 0.329. The number of halogens is 3. The largest absolute Gasteiger partial charge is 0.370 e. The second-order valence-corrected chi connectivity index (χ2v) is 11.6. The van der Waals surface area contributed by atoms with Gasteiger partial charge in [-0.1, -0.05) is 29.8 Å². The van der Waals surface area contributed by atoms with Crippen molar-refractivity contribution < 1.29 is 12.8 Å². The second kappa shape index (κ2) is 9.85. The van der Waals surface area contributed by atoms with Gasteiger partial charge in [-0.3, -0.25) is 0 Å². The van der Waals surface area contributed by atoms with Crippen molar-refractivity contribution in [3.63, 3.8) is 0 Å². The predicted molar refractivity (Wildman–Crippen MR) is 138 cm³/mol. The highest BCUT2D eigenvalue weighted by Gasteiger charge is 2.30. The maximum Gasteiger partial charge on any atom is 0.243 e. The smallest absolute Gasteiger partial charge is 0.243 e. The number of fused-ring (bicyclic) bond motifs is 1. The molecule has 1 aliphatic rings. The Bertz CT molecular complexity index is 1480. The van der Waals surface area contributed by atoms with Gasteiger partial charge in [0.25, 0.3) is 0 Å². The van der Waals surface area contributed by atoms with Gasteiger partial charge in [-0.25, -0.2) is 17.8 Å². The molecule has 0 aliphatic carbocycles. The zero-order valence-electron chi connectivity index (χ0n) is 18.5. The average Bonchev–Trinajstić information content (AvgIpc) is 3.24. The van der Waals surface area contributed by atoms with Gasteiger partial charge in [-0.05, 0) is 65.0 Å². The van der Waals surface area contributed by atoms with Gasteiger partial charge in [0.05, 0.1) is 21.3 Å². The maximum absolute atomic E-state index is 13.3. The van der Waals surface area contributed by atoms with Gasteiger partial charge in [0, 0.05) is 36.3 Å². The summed E-state index contributed by atoms with van der Waals surface area (Å²) >= 11 is 9.92. The van der Waals surface area contributed by atoms with Crippen LogP contribution in [0.15, 0.2) is 70.2 Å². The molecule has 182 valence electrons. The molecule has 0 spiro atoms. The van der Waals surface area contributed by atoms with Crippen molar-refractivity contribution in [1.82, 2.24) is 18.9 Å². The Labute approximate surface area is 216 Å².